The zero-order valence-electron chi connectivity index (χ0n) is 14.9. The van der Waals surface area contributed by atoms with E-state index < -0.39 is 10.0 Å². The van der Waals surface area contributed by atoms with Crippen LogP contribution in [0.2, 0.25) is 0 Å². The zero-order valence-corrected chi connectivity index (χ0v) is 16.6. The Bertz CT molecular complexity index is 790. The molecule has 4 rings (SSSR count). The van der Waals surface area contributed by atoms with E-state index in [0.717, 1.165) is 19.4 Å². The van der Waals surface area contributed by atoms with Gasteiger partial charge in [0, 0.05) is 32.2 Å². The van der Waals surface area contributed by atoms with Gasteiger partial charge in [-0.05, 0) is 31.5 Å². The molecule has 0 radical (unpaired) electrons. The molecule has 0 bridgehead atoms. The number of nitrogens with one attached hydrogen (secondary N) is 1. The van der Waals surface area contributed by atoms with Gasteiger partial charge in [0.2, 0.25) is 15.9 Å². The monoisotopic (exact) mass is 417 g/mol. The maximum atomic E-state index is 12.9. The number of hydrogen-bond donors (Lipinski definition) is 1. The summed E-state index contributed by atoms with van der Waals surface area (Å²) in [4.78, 5) is 14.4. The Hall–Kier alpha value is -1.55. The van der Waals surface area contributed by atoms with Gasteiger partial charge < -0.3 is 19.7 Å². The summed E-state index contributed by atoms with van der Waals surface area (Å²) in [5.74, 6) is 1.10. The van der Waals surface area contributed by atoms with Crippen LogP contribution in [-0.2, 0) is 14.8 Å². The van der Waals surface area contributed by atoms with Gasteiger partial charge in [-0.25, -0.2) is 8.42 Å². The lowest BCUT2D eigenvalue weighted by molar-refractivity contribution is -0.134. The highest BCUT2D eigenvalue weighted by Gasteiger charge is 2.33. The molecule has 10 heteroatoms. The fraction of sp³-hybridized carbons (Fsp3) is 0.588. The van der Waals surface area contributed by atoms with Crippen molar-refractivity contribution in [3.63, 3.8) is 0 Å². The third kappa shape index (κ3) is 4.01. The van der Waals surface area contributed by atoms with Crippen LogP contribution in [0.15, 0.2) is 23.1 Å². The first-order valence-corrected chi connectivity index (χ1v) is 10.4. The fourth-order valence-electron chi connectivity index (χ4n) is 3.60. The van der Waals surface area contributed by atoms with Crippen molar-refractivity contribution in [3.8, 4) is 11.5 Å². The first kappa shape index (κ1) is 20.2. The average molecular weight is 418 g/mol. The summed E-state index contributed by atoms with van der Waals surface area (Å²) in [6, 6.07) is 4.58. The van der Waals surface area contributed by atoms with Crippen LogP contribution in [-0.4, -0.2) is 75.5 Å². The SMILES string of the molecule is Cl.O=C(C1CCCN1)N1CCN(S(=O)(=O)c2ccc3c(c2)OCCO3)CC1. The average Bonchev–Trinajstić information content (AvgIpc) is 3.22. The van der Waals surface area contributed by atoms with E-state index in [1.807, 2.05) is 0 Å². The molecule has 150 valence electrons. The first-order chi connectivity index (χ1) is 12.6. The van der Waals surface area contributed by atoms with Crippen LogP contribution in [0.3, 0.4) is 0 Å². The van der Waals surface area contributed by atoms with Gasteiger partial charge in [0.15, 0.2) is 11.5 Å². The van der Waals surface area contributed by atoms with Crippen molar-refractivity contribution in [1.29, 1.82) is 0 Å². The predicted molar refractivity (Wildman–Crippen MR) is 101 cm³/mol. The van der Waals surface area contributed by atoms with Gasteiger partial charge >= 0.3 is 0 Å². The number of halogens is 1. The van der Waals surface area contributed by atoms with Crippen LogP contribution in [0.1, 0.15) is 12.8 Å². The zero-order chi connectivity index (χ0) is 18.1. The molecule has 1 amide bonds. The van der Waals surface area contributed by atoms with Crippen LogP contribution in [0.25, 0.3) is 0 Å². The smallest absolute Gasteiger partial charge is 0.243 e. The Kier molecular flexibility index (Phi) is 6.15. The van der Waals surface area contributed by atoms with Crippen LogP contribution in [0.4, 0.5) is 0 Å². The minimum Gasteiger partial charge on any atom is -0.486 e. The molecule has 2 saturated heterocycles. The minimum absolute atomic E-state index is 0. The lowest BCUT2D eigenvalue weighted by atomic mass is 10.2. The van der Waals surface area contributed by atoms with Gasteiger partial charge in [-0.15, -0.1) is 12.4 Å². The van der Waals surface area contributed by atoms with Crippen molar-refractivity contribution in [2.75, 3.05) is 45.9 Å². The molecular weight excluding hydrogens is 394 g/mol. The number of rotatable bonds is 3. The molecule has 2 fully saturated rings. The molecule has 27 heavy (non-hydrogen) atoms. The van der Waals surface area contributed by atoms with Crippen LogP contribution >= 0.6 is 12.4 Å². The summed E-state index contributed by atoms with van der Waals surface area (Å²) in [6.07, 6.45) is 1.86. The van der Waals surface area contributed by atoms with Crippen molar-refractivity contribution in [1.82, 2.24) is 14.5 Å². The number of carbonyl (C=O) groups is 1. The third-order valence-corrected chi connectivity index (χ3v) is 6.95. The van der Waals surface area contributed by atoms with Crippen molar-refractivity contribution < 1.29 is 22.7 Å². The van der Waals surface area contributed by atoms with E-state index in [1.165, 1.54) is 10.4 Å². The van der Waals surface area contributed by atoms with Crippen molar-refractivity contribution >= 4 is 28.3 Å². The van der Waals surface area contributed by atoms with Gasteiger partial charge in [0.25, 0.3) is 0 Å². The molecule has 1 N–H and O–H groups in total. The number of nitrogens with zero attached hydrogens (tertiary/aromatic N) is 2. The summed E-state index contributed by atoms with van der Waals surface area (Å²) in [5.41, 5.74) is 0. The highest BCUT2D eigenvalue weighted by molar-refractivity contribution is 7.89. The number of amides is 1. The molecule has 3 aliphatic heterocycles. The quantitative estimate of drug-likeness (QED) is 0.769. The summed E-state index contributed by atoms with van der Waals surface area (Å²) >= 11 is 0. The Morgan fingerprint density at radius 1 is 1.07 bits per heavy atom. The Morgan fingerprint density at radius 2 is 1.78 bits per heavy atom. The number of fused-ring (bicyclic) bond motifs is 1. The van der Waals surface area contributed by atoms with Gasteiger partial charge in [0.1, 0.15) is 13.2 Å². The van der Waals surface area contributed by atoms with E-state index in [2.05, 4.69) is 5.32 Å². The number of hydrogen-bond acceptors (Lipinski definition) is 6. The normalized spacial score (nSPS) is 23.0. The summed E-state index contributed by atoms with van der Waals surface area (Å²) in [7, 11) is -3.62. The summed E-state index contributed by atoms with van der Waals surface area (Å²) < 4.78 is 38.2. The molecule has 0 aliphatic carbocycles. The maximum Gasteiger partial charge on any atom is 0.243 e. The van der Waals surface area contributed by atoms with Crippen molar-refractivity contribution in [3.05, 3.63) is 18.2 Å². The predicted octanol–water partition coefficient (Wildman–Crippen LogP) is 0.465. The van der Waals surface area contributed by atoms with Gasteiger partial charge in [-0.2, -0.15) is 4.31 Å². The second kappa shape index (κ2) is 8.22. The maximum absolute atomic E-state index is 12.9. The highest BCUT2D eigenvalue weighted by Crippen LogP contribution is 2.33. The van der Waals surface area contributed by atoms with E-state index in [0.29, 0.717) is 50.9 Å². The molecule has 1 atom stereocenters. The molecule has 0 aromatic heterocycles. The fourth-order valence-corrected chi connectivity index (χ4v) is 5.04. The number of ether oxygens (including phenoxy) is 2. The molecule has 1 aromatic rings. The summed E-state index contributed by atoms with van der Waals surface area (Å²) in [6.45, 7) is 3.18. The Morgan fingerprint density at radius 3 is 2.44 bits per heavy atom. The van der Waals surface area contributed by atoms with E-state index in [4.69, 9.17) is 9.47 Å². The van der Waals surface area contributed by atoms with E-state index in [9.17, 15) is 13.2 Å². The molecule has 3 aliphatic rings. The number of benzene rings is 1. The number of carbonyl (C=O) groups excluding carboxylic acids is 1. The number of sulfonamides is 1. The first-order valence-electron chi connectivity index (χ1n) is 8.98. The number of piperazine rings is 1. The van der Waals surface area contributed by atoms with E-state index in [1.54, 1.807) is 17.0 Å². The molecule has 8 nitrogen and oxygen atoms in total. The molecule has 0 spiro atoms. The Labute approximate surface area is 165 Å². The molecule has 0 saturated carbocycles. The van der Waals surface area contributed by atoms with Crippen LogP contribution in [0, 0.1) is 0 Å². The topological polar surface area (TPSA) is 88.2 Å². The highest BCUT2D eigenvalue weighted by atomic mass is 35.5. The molecule has 3 heterocycles. The van der Waals surface area contributed by atoms with E-state index >= 15 is 0 Å². The third-order valence-electron chi connectivity index (χ3n) is 5.06. The lowest BCUT2D eigenvalue weighted by Crippen LogP contribution is -2.54. The molecular formula is C17H24ClN3O5S. The second-order valence-corrected chi connectivity index (χ2v) is 8.62. The largest absolute Gasteiger partial charge is 0.486 e. The standard InChI is InChI=1S/C17H23N3O5S.ClH/c21-17(14-2-1-5-18-14)19-6-8-20(9-7-19)26(22,23)13-3-4-15-16(12-13)25-11-10-24-15;/h3-4,12,14,18H,1-2,5-11H2;1H. The minimum atomic E-state index is -3.62. The van der Waals surface area contributed by atoms with Crippen molar-refractivity contribution in [2.24, 2.45) is 0 Å². The van der Waals surface area contributed by atoms with Gasteiger partial charge in [0.05, 0.1) is 10.9 Å². The molecule has 1 aromatic carbocycles. The second-order valence-electron chi connectivity index (χ2n) is 6.68. The molecule has 1 unspecified atom stereocenters. The van der Waals surface area contributed by atoms with E-state index in [-0.39, 0.29) is 29.3 Å². The van der Waals surface area contributed by atoms with Crippen LogP contribution in [0.5, 0.6) is 11.5 Å². The van der Waals surface area contributed by atoms with Crippen molar-refractivity contribution in [2.45, 2.75) is 23.8 Å². The lowest BCUT2D eigenvalue weighted by Gasteiger charge is -2.35. The van der Waals surface area contributed by atoms with Crippen LogP contribution < -0.4 is 14.8 Å². The Balaban J connectivity index is 0.00000210. The van der Waals surface area contributed by atoms with Gasteiger partial charge in [-0.3, -0.25) is 4.79 Å². The van der Waals surface area contributed by atoms with Gasteiger partial charge in [-0.1, -0.05) is 0 Å². The summed E-state index contributed by atoms with van der Waals surface area (Å²) in [5, 5.41) is 3.20.